The van der Waals surface area contributed by atoms with Crippen molar-refractivity contribution in [3.63, 3.8) is 0 Å². The van der Waals surface area contributed by atoms with Gasteiger partial charge < -0.3 is 5.73 Å². The summed E-state index contributed by atoms with van der Waals surface area (Å²) in [6, 6.07) is 0.517. The minimum Gasteiger partial charge on any atom is -0.366 e. The molecule has 0 aromatic heterocycles. The second kappa shape index (κ2) is 3.94. The van der Waals surface area contributed by atoms with E-state index in [1.54, 1.807) is 0 Å². The van der Waals surface area contributed by atoms with Gasteiger partial charge in [-0.3, -0.25) is 4.79 Å². The zero-order valence-corrected chi connectivity index (χ0v) is 7.99. The van der Waals surface area contributed by atoms with Crippen molar-refractivity contribution < 1.29 is 31.1 Å². The molecule has 8 heteroatoms. The number of carbonyl (C=O) groups excluding carboxylic acids is 1. The van der Waals surface area contributed by atoms with E-state index in [-0.39, 0.29) is 18.2 Å². The van der Waals surface area contributed by atoms with Crippen molar-refractivity contribution in [1.82, 2.24) is 0 Å². The molecule has 0 aliphatic rings. The third kappa shape index (κ3) is 2.89. The highest BCUT2D eigenvalue weighted by Gasteiger charge is 2.38. The van der Waals surface area contributed by atoms with Gasteiger partial charge in [0.2, 0.25) is 5.91 Å². The number of hydrogen-bond donors (Lipinski definition) is 1. The van der Waals surface area contributed by atoms with Gasteiger partial charge in [0, 0.05) is 0 Å². The van der Waals surface area contributed by atoms with Crippen molar-refractivity contribution in [2.75, 3.05) is 0 Å². The first kappa shape index (κ1) is 13.3. The van der Waals surface area contributed by atoms with E-state index in [4.69, 9.17) is 0 Å². The van der Waals surface area contributed by atoms with Gasteiger partial charge in [0.25, 0.3) is 0 Å². The molecule has 0 saturated carbocycles. The third-order valence-electron chi connectivity index (χ3n) is 1.92. The lowest BCUT2D eigenvalue weighted by Crippen LogP contribution is -2.20. The summed E-state index contributed by atoms with van der Waals surface area (Å²) in [5.41, 5.74) is 0.566. The predicted molar refractivity (Wildman–Crippen MR) is 45.0 cm³/mol. The van der Waals surface area contributed by atoms with E-state index in [0.717, 1.165) is 0 Å². The van der Waals surface area contributed by atoms with Crippen LogP contribution in [0.5, 0.6) is 0 Å². The van der Waals surface area contributed by atoms with Gasteiger partial charge in [-0.1, -0.05) is 0 Å². The average molecular weight is 257 g/mol. The summed E-state index contributed by atoms with van der Waals surface area (Å²) in [7, 11) is 0. The van der Waals surface area contributed by atoms with Crippen molar-refractivity contribution in [3.05, 3.63) is 34.9 Å². The SMILES string of the molecule is NC(=O)c1cc(C(F)(F)F)ccc1C(F)(F)F. The number of hydrogen-bond acceptors (Lipinski definition) is 1. The number of carbonyl (C=O) groups is 1. The van der Waals surface area contributed by atoms with Crippen molar-refractivity contribution >= 4 is 5.91 Å². The second-order valence-electron chi connectivity index (χ2n) is 3.12. The van der Waals surface area contributed by atoms with Crippen LogP contribution >= 0.6 is 0 Å². The molecule has 1 aromatic rings. The normalized spacial score (nSPS) is 12.6. The minimum absolute atomic E-state index is 0.0884. The first-order valence-corrected chi connectivity index (χ1v) is 4.11. The summed E-state index contributed by atoms with van der Waals surface area (Å²) in [6.07, 6.45) is -9.77. The molecule has 0 aliphatic carbocycles. The molecule has 0 radical (unpaired) electrons. The van der Waals surface area contributed by atoms with Crippen LogP contribution in [-0.4, -0.2) is 5.91 Å². The van der Waals surface area contributed by atoms with Gasteiger partial charge in [-0.05, 0) is 18.2 Å². The Balaban J connectivity index is 3.43. The van der Waals surface area contributed by atoms with Gasteiger partial charge in [-0.2, -0.15) is 26.3 Å². The average Bonchev–Trinajstić information content (AvgIpc) is 2.14. The molecule has 2 N–H and O–H groups in total. The number of alkyl halides is 6. The van der Waals surface area contributed by atoms with Gasteiger partial charge in [0.05, 0.1) is 16.7 Å². The van der Waals surface area contributed by atoms with E-state index in [2.05, 4.69) is 5.73 Å². The Morgan fingerprint density at radius 1 is 1.00 bits per heavy atom. The molecule has 1 rings (SSSR count). The first-order valence-electron chi connectivity index (χ1n) is 4.11. The van der Waals surface area contributed by atoms with Crippen molar-refractivity contribution in [2.45, 2.75) is 12.4 Å². The topological polar surface area (TPSA) is 43.1 Å². The van der Waals surface area contributed by atoms with Crippen LogP contribution in [0, 0.1) is 0 Å². The summed E-state index contributed by atoms with van der Waals surface area (Å²) in [4.78, 5) is 10.7. The lowest BCUT2D eigenvalue weighted by atomic mass is 10.0. The smallest absolute Gasteiger partial charge is 0.366 e. The van der Waals surface area contributed by atoms with Crippen LogP contribution < -0.4 is 5.73 Å². The zero-order valence-electron chi connectivity index (χ0n) is 7.99. The van der Waals surface area contributed by atoms with E-state index in [9.17, 15) is 31.1 Å². The van der Waals surface area contributed by atoms with Crippen LogP contribution in [0.15, 0.2) is 18.2 Å². The molecule has 1 aromatic carbocycles. The highest BCUT2D eigenvalue weighted by molar-refractivity contribution is 5.94. The van der Waals surface area contributed by atoms with Crippen LogP contribution in [0.2, 0.25) is 0 Å². The molecule has 0 saturated heterocycles. The van der Waals surface area contributed by atoms with E-state index >= 15 is 0 Å². The maximum Gasteiger partial charge on any atom is 0.417 e. The van der Waals surface area contributed by atoms with Crippen LogP contribution in [0.1, 0.15) is 21.5 Å². The molecular formula is C9H5F6NO. The summed E-state index contributed by atoms with van der Waals surface area (Å²) in [5, 5.41) is 0. The highest BCUT2D eigenvalue weighted by Crippen LogP contribution is 2.36. The van der Waals surface area contributed by atoms with Crippen LogP contribution in [0.4, 0.5) is 26.3 Å². The van der Waals surface area contributed by atoms with E-state index in [0.29, 0.717) is 0 Å². The summed E-state index contributed by atoms with van der Waals surface area (Å²) >= 11 is 0. The molecule has 94 valence electrons. The van der Waals surface area contributed by atoms with E-state index < -0.39 is 35.0 Å². The van der Waals surface area contributed by atoms with Crippen LogP contribution in [0.3, 0.4) is 0 Å². The van der Waals surface area contributed by atoms with Crippen LogP contribution in [-0.2, 0) is 12.4 Å². The number of rotatable bonds is 1. The fourth-order valence-corrected chi connectivity index (χ4v) is 1.17. The maximum atomic E-state index is 12.3. The summed E-state index contributed by atoms with van der Waals surface area (Å²) < 4.78 is 73.7. The Morgan fingerprint density at radius 3 is 1.88 bits per heavy atom. The molecule has 17 heavy (non-hydrogen) atoms. The Labute approximate surface area is 91.0 Å². The monoisotopic (exact) mass is 257 g/mol. The maximum absolute atomic E-state index is 12.3. The predicted octanol–water partition coefficient (Wildman–Crippen LogP) is 2.82. The van der Waals surface area contributed by atoms with Crippen molar-refractivity contribution in [1.29, 1.82) is 0 Å². The van der Waals surface area contributed by atoms with Crippen molar-refractivity contribution in [2.24, 2.45) is 5.73 Å². The lowest BCUT2D eigenvalue weighted by molar-refractivity contribution is -0.141. The largest absolute Gasteiger partial charge is 0.417 e. The standard InChI is InChI=1S/C9H5F6NO/c10-8(11,12)4-1-2-6(9(13,14)15)5(3-4)7(16)17/h1-3H,(H2,16,17). The fraction of sp³-hybridized carbons (Fsp3) is 0.222. The molecule has 0 unspecified atom stereocenters. The molecule has 0 spiro atoms. The number of primary amides is 1. The highest BCUT2D eigenvalue weighted by atomic mass is 19.4. The van der Waals surface area contributed by atoms with Crippen LogP contribution in [0.25, 0.3) is 0 Å². The Bertz CT molecular complexity index is 448. The van der Waals surface area contributed by atoms with Gasteiger partial charge >= 0.3 is 12.4 Å². The number of benzene rings is 1. The van der Waals surface area contributed by atoms with Gasteiger partial charge in [-0.25, -0.2) is 0 Å². The Hall–Kier alpha value is -1.73. The molecule has 1 amide bonds. The number of halogens is 6. The quantitative estimate of drug-likeness (QED) is 0.772. The Kier molecular flexibility index (Phi) is 3.09. The number of amides is 1. The van der Waals surface area contributed by atoms with Gasteiger partial charge in [-0.15, -0.1) is 0 Å². The Morgan fingerprint density at radius 2 is 1.53 bits per heavy atom. The zero-order chi connectivity index (χ0) is 13.4. The summed E-state index contributed by atoms with van der Waals surface area (Å²) in [6.45, 7) is 0. The molecule has 0 atom stereocenters. The second-order valence-corrected chi connectivity index (χ2v) is 3.12. The molecule has 0 heterocycles. The first-order chi connectivity index (χ1) is 7.53. The molecule has 2 nitrogen and oxygen atoms in total. The minimum atomic E-state index is -4.94. The fourth-order valence-electron chi connectivity index (χ4n) is 1.17. The molecular weight excluding hydrogens is 252 g/mol. The van der Waals surface area contributed by atoms with Gasteiger partial charge in [0.1, 0.15) is 0 Å². The lowest BCUT2D eigenvalue weighted by Gasteiger charge is -2.13. The summed E-state index contributed by atoms with van der Waals surface area (Å²) in [5.74, 6) is -1.57. The van der Waals surface area contributed by atoms with Gasteiger partial charge in [0.15, 0.2) is 0 Å². The van der Waals surface area contributed by atoms with E-state index in [1.165, 1.54) is 0 Å². The third-order valence-corrected chi connectivity index (χ3v) is 1.92. The van der Waals surface area contributed by atoms with Crippen molar-refractivity contribution in [3.8, 4) is 0 Å². The molecule has 0 fully saturated rings. The molecule has 0 bridgehead atoms. The molecule has 0 aliphatic heterocycles. The number of nitrogens with two attached hydrogens (primary N) is 1. The van der Waals surface area contributed by atoms with E-state index in [1.807, 2.05) is 0 Å².